The molecule has 0 saturated carbocycles. The van der Waals surface area contributed by atoms with Crippen molar-refractivity contribution in [3.8, 4) is 0 Å². The number of H-pyrrole nitrogens is 1. The van der Waals surface area contributed by atoms with Crippen LogP contribution in [0, 0.1) is 17.0 Å². The van der Waals surface area contributed by atoms with E-state index in [4.69, 9.17) is 0 Å². The summed E-state index contributed by atoms with van der Waals surface area (Å²) in [6.45, 7) is 0.313. The number of carbonyl (C=O) groups is 2. The standard InChI is InChI=1S/C17H18N4O7/c1-11-7-20(17(25)18-16(11)24)9-14(22)19(10-15(23)28-2)8-12-5-3-4-6-13(12)21(26)27/h3-7H,8-10H2,1-2H3,(H,18,24,25). The molecule has 11 heteroatoms. The summed E-state index contributed by atoms with van der Waals surface area (Å²) >= 11 is 0. The number of rotatable bonds is 7. The molecule has 0 spiro atoms. The van der Waals surface area contributed by atoms with Gasteiger partial charge in [0.15, 0.2) is 0 Å². The number of ether oxygens (including phenoxy) is 1. The Morgan fingerprint density at radius 3 is 2.61 bits per heavy atom. The molecule has 2 rings (SSSR count). The Hall–Kier alpha value is -3.76. The van der Waals surface area contributed by atoms with Crippen molar-refractivity contribution in [1.82, 2.24) is 14.5 Å². The SMILES string of the molecule is COC(=O)CN(Cc1ccccc1[N+](=O)[O-])C(=O)Cn1cc(C)c(=O)[nH]c1=O. The van der Waals surface area contributed by atoms with Crippen molar-refractivity contribution in [2.24, 2.45) is 0 Å². The number of nitro groups is 1. The number of hydrogen-bond donors (Lipinski definition) is 1. The summed E-state index contributed by atoms with van der Waals surface area (Å²) in [5, 5.41) is 11.2. The second kappa shape index (κ2) is 8.75. The van der Waals surface area contributed by atoms with Crippen LogP contribution in [-0.2, 0) is 27.4 Å². The number of carbonyl (C=O) groups excluding carboxylic acids is 2. The fourth-order valence-electron chi connectivity index (χ4n) is 2.46. The Morgan fingerprint density at radius 2 is 1.96 bits per heavy atom. The third kappa shape index (κ3) is 4.90. The van der Waals surface area contributed by atoms with E-state index in [9.17, 15) is 29.3 Å². The van der Waals surface area contributed by atoms with Crippen molar-refractivity contribution < 1.29 is 19.2 Å². The van der Waals surface area contributed by atoms with Crippen LogP contribution < -0.4 is 11.2 Å². The topological polar surface area (TPSA) is 145 Å². The summed E-state index contributed by atoms with van der Waals surface area (Å²) in [5.74, 6) is -1.38. The number of nitrogens with one attached hydrogen (secondary N) is 1. The number of nitrogens with zero attached hydrogens (tertiary/aromatic N) is 3. The Morgan fingerprint density at radius 1 is 1.29 bits per heavy atom. The average molecular weight is 390 g/mol. The van der Waals surface area contributed by atoms with E-state index in [2.05, 4.69) is 9.72 Å². The first-order valence-electron chi connectivity index (χ1n) is 8.10. The van der Waals surface area contributed by atoms with Gasteiger partial charge in [-0.3, -0.25) is 34.0 Å². The molecule has 0 aliphatic heterocycles. The molecule has 1 heterocycles. The molecule has 0 bridgehead atoms. The Labute approximate surface area is 158 Å². The predicted molar refractivity (Wildman–Crippen MR) is 96.6 cm³/mol. The first kappa shape index (κ1) is 20.6. The van der Waals surface area contributed by atoms with E-state index in [0.29, 0.717) is 0 Å². The molecule has 0 saturated heterocycles. The molecule has 11 nitrogen and oxygen atoms in total. The number of aryl methyl sites for hydroxylation is 1. The van der Waals surface area contributed by atoms with E-state index in [1.54, 1.807) is 6.07 Å². The van der Waals surface area contributed by atoms with Crippen LogP contribution in [0.15, 0.2) is 40.1 Å². The highest BCUT2D eigenvalue weighted by molar-refractivity contribution is 5.82. The highest BCUT2D eigenvalue weighted by atomic mass is 16.6. The van der Waals surface area contributed by atoms with Gasteiger partial charge in [-0.05, 0) is 6.92 Å². The van der Waals surface area contributed by atoms with Gasteiger partial charge < -0.3 is 9.64 Å². The average Bonchev–Trinajstić information content (AvgIpc) is 2.65. The molecule has 0 fully saturated rings. The normalized spacial score (nSPS) is 10.4. The smallest absolute Gasteiger partial charge is 0.328 e. The van der Waals surface area contributed by atoms with E-state index >= 15 is 0 Å². The van der Waals surface area contributed by atoms with Crippen molar-refractivity contribution in [2.75, 3.05) is 13.7 Å². The second-order valence-corrected chi connectivity index (χ2v) is 5.91. The van der Waals surface area contributed by atoms with Gasteiger partial charge in [0, 0.05) is 23.4 Å². The monoisotopic (exact) mass is 390 g/mol. The highest BCUT2D eigenvalue weighted by Crippen LogP contribution is 2.19. The molecule has 0 aliphatic carbocycles. The molecule has 1 aromatic carbocycles. The van der Waals surface area contributed by atoms with Crippen LogP contribution in [0.1, 0.15) is 11.1 Å². The first-order valence-corrected chi connectivity index (χ1v) is 8.10. The molecule has 0 radical (unpaired) electrons. The van der Waals surface area contributed by atoms with Gasteiger partial charge in [0.2, 0.25) is 5.91 Å². The van der Waals surface area contributed by atoms with E-state index in [1.165, 1.54) is 31.3 Å². The van der Waals surface area contributed by atoms with Gasteiger partial charge in [-0.2, -0.15) is 0 Å². The fraction of sp³-hybridized carbons (Fsp3) is 0.294. The maximum atomic E-state index is 12.7. The van der Waals surface area contributed by atoms with Crippen molar-refractivity contribution in [2.45, 2.75) is 20.0 Å². The molecule has 28 heavy (non-hydrogen) atoms. The van der Waals surface area contributed by atoms with Crippen LogP contribution in [0.5, 0.6) is 0 Å². The number of para-hydroxylation sites is 1. The van der Waals surface area contributed by atoms with Crippen LogP contribution >= 0.6 is 0 Å². The first-order chi connectivity index (χ1) is 13.2. The summed E-state index contributed by atoms with van der Waals surface area (Å²) in [7, 11) is 1.14. The van der Waals surface area contributed by atoms with Gasteiger partial charge >= 0.3 is 11.7 Å². The number of aromatic nitrogens is 2. The van der Waals surface area contributed by atoms with Crippen LogP contribution in [0.25, 0.3) is 0 Å². The molecule has 148 valence electrons. The van der Waals surface area contributed by atoms with Crippen LogP contribution in [-0.4, -0.2) is 44.9 Å². The van der Waals surface area contributed by atoms with E-state index in [-0.39, 0.29) is 23.4 Å². The van der Waals surface area contributed by atoms with Gasteiger partial charge in [0.05, 0.1) is 18.6 Å². The van der Waals surface area contributed by atoms with Gasteiger partial charge in [0.25, 0.3) is 11.2 Å². The number of methoxy groups -OCH3 is 1. The summed E-state index contributed by atoms with van der Waals surface area (Å²) < 4.78 is 5.56. The number of hydrogen-bond acceptors (Lipinski definition) is 7. The molecule has 0 atom stereocenters. The fourth-order valence-corrected chi connectivity index (χ4v) is 2.46. The lowest BCUT2D eigenvalue weighted by molar-refractivity contribution is -0.385. The zero-order chi connectivity index (χ0) is 20.8. The summed E-state index contributed by atoms with van der Waals surface area (Å²) in [4.78, 5) is 61.4. The summed E-state index contributed by atoms with van der Waals surface area (Å²) in [5.41, 5.74) is -1.12. The quantitative estimate of drug-likeness (QED) is 0.396. The number of nitro benzene ring substituents is 1. The Bertz CT molecular complexity index is 1020. The van der Waals surface area contributed by atoms with Crippen LogP contribution in [0.3, 0.4) is 0 Å². The van der Waals surface area contributed by atoms with Crippen molar-refractivity contribution >= 4 is 17.6 Å². The molecule has 1 aromatic heterocycles. The van der Waals surface area contributed by atoms with E-state index in [1.807, 2.05) is 0 Å². The van der Waals surface area contributed by atoms with Gasteiger partial charge in [0.1, 0.15) is 13.1 Å². The molecule has 1 N–H and O–H groups in total. The maximum Gasteiger partial charge on any atom is 0.328 e. The van der Waals surface area contributed by atoms with Crippen LogP contribution in [0.2, 0.25) is 0 Å². The molecule has 0 unspecified atom stereocenters. The number of aromatic amines is 1. The lowest BCUT2D eigenvalue weighted by atomic mass is 10.1. The predicted octanol–water partition coefficient (Wildman–Crippen LogP) is -0.0450. The van der Waals surface area contributed by atoms with Crippen molar-refractivity contribution in [1.29, 1.82) is 0 Å². The van der Waals surface area contributed by atoms with E-state index in [0.717, 1.165) is 16.6 Å². The minimum absolute atomic E-state index is 0.206. The van der Waals surface area contributed by atoms with Crippen LogP contribution in [0.4, 0.5) is 5.69 Å². The molecule has 1 amide bonds. The minimum atomic E-state index is -0.785. The third-order valence-corrected chi connectivity index (χ3v) is 3.94. The van der Waals surface area contributed by atoms with Gasteiger partial charge in [-0.1, -0.05) is 18.2 Å². The highest BCUT2D eigenvalue weighted by Gasteiger charge is 2.23. The largest absolute Gasteiger partial charge is 0.468 e. The molecular weight excluding hydrogens is 372 g/mol. The lowest BCUT2D eigenvalue weighted by Crippen LogP contribution is -2.41. The third-order valence-electron chi connectivity index (χ3n) is 3.94. The maximum absolute atomic E-state index is 12.7. The molecule has 0 aliphatic rings. The molecule has 2 aromatic rings. The molecular formula is C17H18N4O7. The number of esters is 1. The lowest BCUT2D eigenvalue weighted by Gasteiger charge is -2.22. The number of benzene rings is 1. The summed E-state index contributed by atoms with van der Waals surface area (Å²) in [6.07, 6.45) is 1.22. The minimum Gasteiger partial charge on any atom is -0.468 e. The second-order valence-electron chi connectivity index (χ2n) is 5.91. The van der Waals surface area contributed by atoms with Crippen molar-refractivity contribution in [3.63, 3.8) is 0 Å². The Kier molecular flexibility index (Phi) is 6.42. The zero-order valence-electron chi connectivity index (χ0n) is 15.2. The van der Waals surface area contributed by atoms with Gasteiger partial charge in [-0.25, -0.2) is 4.79 Å². The Balaban J connectivity index is 2.33. The zero-order valence-corrected chi connectivity index (χ0v) is 15.2. The van der Waals surface area contributed by atoms with Crippen molar-refractivity contribution in [3.05, 3.63) is 72.5 Å². The number of amides is 1. The van der Waals surface area contributed by atoms with E-state index < -0.39 is 41.1 Å². The summed E-state index contributed by atoms with van der Waals surface area (Å²) in [6, 6.07) is 5.80. The van der Waals surface area contributed by atoms with Gasteiger partial charge in [-0.15, -0.1) is 0 Å².